The second kappa shape index (κ2) is 38.7. The Balaban J connectivity index is 6.02. The van der Waals surface area contributed by atoms with Crippen molar-refractivity contribution in [1.82, 2.24) is 53.2 Å². The summed E-state index contributed by atoms with van der Waals surface area (Å²) in [7, 11) is 0. The van der Waals surface area contributed by atoms with Crippen LogP contribution in [0.1, 0.15) is 124 Å². The average Bonchev–Trinajstić information content (AvgIpc) is 3.31. The second-order valence-electron chi connectivity index (χ2n) is 16.5. The van der Waals surface area contributed by atoms with Crippen molar-refractivity contribution in [2.75, 3.05) is 26.2 Å². The number of nitrogens with one attached hydrogen (secondary N) is 10. The first-order valence-electron chi connectivity index (χ1n) is 23.8. The number of Topliss-reactive ketones (excluding diaryl/α,β-unsaturated/α-hetero) is 1. The molecule has 70 heavy (non-hydrogen) atoms. The Morgan fingerprint density at radius 3 is 1.26 bits per heavy atom. The number of hydrogen-bond acceptors (Lipinski definition) is 11. The van der Waals surface area contributed by atoms with E-state index in [0.717, 1.165) is 6.42 Å². The Bertz CT molecular complexity index is 1910. The number of carbonyl (C=O) groups is 9. The fraction of sp³-hybridized carbons (Fsp3) is 0.588. The van der Waals surface area contributed by atoms with E-state index in [9.17, 15) is 43.2 Å². The van der Waals surface area contributed by atoms with Crippen LogP contribution in [-0.2, 0) is 43.2 Å². The maximum atomic E-state index is 14.1. The van der Waals surface area contributed by atoms with Crippen molar-refractivity contribution in [1.29, 1.82) is 0 Å². The molecule has 7 atom stereocenters. The van der Waals surface area contributed by atoms with Crippen LogP contribution in [0.15, 0.2) is 25.6 Å². The number of hydrogen-bond donors (Lipinski definition) is 10. The molecule has 0 radical (unpaired) electrons. The lowest BCUT2D eigenvalue weighted by Gasteiger charge is -2.24. The third-order valence-electron chi connectivity index (χ3n) is 10.6. The van der Waals surface area contributed by atoms with Crippen LogP contribution in [0.4, 0.5) is 0 Å². The van der Waals surface area contributed by atoms with Crippen LogP contribution in [0, 0.1) is 55.3 Å². The Morgan fingerprint density at radius 2 is 0.800 bits per heavy atom. The van der Waals surface area contributed by atoms with Gasteiger partial charge in [-0.2, -0.15) is 0 Å². The van der Waals surface area contributed by atoms with Crippen molar-refractivity contribution < 1.29 is 43.2 Å². The third kappa shape index (κ3) is 28.2. The van der Waals surface area contributed by atoms with Gasteiger partial charge in [-0.05, 0) is 70.2 Å². The maximum Gasteiger partial charge on any atom is 0.244 e. The van der Waals surface area contributed by atoms with Crippen LogP contribution < -0.4 is 53.2 Å². The normalized spacial score (nSPS) is 13.2. The summed E-state index contributed by atoms with van der Waals surface area (Å²) in [6.45, 7) is 12.7. The molecular formula is C51H76N10O9. The van der Waals surface area contributed by atoms with E-state index >= 15 is 0 Å². The molecule has 0 saturated carbocycles. The van der Waals surface area contributed by atoms with E-state index in [4.69, 9.17) is 25.7 Å². The molecular weight excluding hydrogens is 897 g/mol. The number of ketones is 1. The van der Waals surface area contributed by atoms with Crippen molar-refractivity contribution in [3.05, 3.63) is 25.6 Å². The van der Waals surface area contributed by atoms with E-state index in [1.165, 1.54) is 26.2 Å². The zero-order chi connectivity index (χ0) is 52.7. The highest BCUT2D eigenvalue weighted by atomic mass is 16.2. The summed E-state index contributed by atoms with van der Waals surface area (Å²) in [5, 5.41) is 27.4. The van der Waals surface area contributed by atoms with E-state index in [1.54, 1.807) is 0 Å². The SMILES string of the molecule is C#CC[C@H](NC=C)C(=O)N[C@@H](CCCCNC(=O)[C@@H](CC#C)NC(C)=O)C(=O)NCCCC[C@@H](CC(=O)[C@H](CCCCNC(=O)[C@@H](CC#C)NC=C)NC(=O)[C@H](CC#C)NC(C)=O)C(=O)NCCCC. The van der Waals surface area contributed by atoms with Gasteiger partial charge in [0.05, 0.1) is 6.04 Å². The molecule has 0 bridgehead atoms. The Kier molecular flexibility index (Phi) is 34.7. The highest BCUT2D eigenvalue weighted by molar-refractivity contribution is 5.95. The van der Waals surface area contributed by atoms with Crippen LogP contribution in [0.3, 0.4) is 0 Å². The summed E-state index contributed by atoms with van der Waals surface area (Å²) in [5.41, 5.74) is 0. The summed E-state index contributed by atoms with van der Waals surface area (Å²) < 4.78 is 0. The molecule has 0 aromatic heterocycles. The van der Waals surface area contributed by atoms with Gasteiger partial charge in [-0.1, -0.05) is 32.9 Å². The fourth-order valence-electron chi connectivity index (χ4n) is 6.96. The lowest BCUT2D eigenvalue weighted by molar-refractivity contribution is -0.133. The molecule has 0 saturated heterocycles. The molecule has 0 aliphatic rings. The molecule has 0 aliphatic carbocycles. The molecule has 0 aromatic carbocycles. The molecule has 0 unspecified atom stereocenters. The number of carbonyl (C=O) groups excluding carboxylic acids is 9. The largest absolute Gasteiger partial charge is 0.379 e. The molecule has 384 valence electrons. The predicted octanol–water partition coefficient (Wildman–Crippen LogP) is 0.613. The van der Waals surface area contributed by atoms with Gasteiger partial charge in [0.2, 0.25) is 47.3 Å². The van der Waals surface area contributed by atoms with Crippen LogP contribution in [0.25, 0.3) is 0 Å². The topological polar surface area (TPSA) is 274 Å². The Hall–Kier alpha value is -7.25. The Morgan fingerprint density at radius 1 is 0.443 bits per heavy atom. The summed E-state index contributed by atoms with van der Waals surface area (Å²) in [6, 6.07) is -5.54. The fourth-order valence-corrected chi connectivity index (χ4v) is 6.96. The second-order valence-corrected chi connectivity index (χ2v) is 16.5. The van der Waals surface area contributed by atoms with Crippen molar-refractivity contribution in [2.45, 2.75) is 160 Å². The molecule has 0 rings (SSSR count). The molecule has 0 aliphatic heterocycles. The predicted molar refractivity (Wildman–Crippen MR) is 269 cm³/mol. The molecule has 19 heteroatoms. The van der Waals surface area contributed by atoms with Crippen molar-refractivity contribution >= 4 is 53.0 Å². The van der Waals surface area contributed by atoms with Crippen molar-refractivity contribution in [3.8, 4) is 49.4 Å². The maximum absolute atomic E-state index is 14.1. The van der Waals surface area contributed by atoms with Gasteiger partial charge in [-0.15, -0.1) is 49.4 Å². The zero-order valence-corrected chi connectivity index (χ0v) is 41.2. The molecule has 10 N–H and O–H groups in total. The van der Waals surface area contributed by atoms with Crippen LogP contribution in [0.5, 0.6) is 0 Å². The van der Waals surface area contributed by atoms with Crippen LogP contribution >= 0.6 is 0 Å². The van der Waals surface area contributed by atoms with Gasteiger partial charge in [0, 0.05) is 78.0 Å². The third-order valence-corrected chi connectivity index (χ3v) is 10.6. The first-order chi connectivity index (χ1) is 33.5. The summed E-state index contributed by atoms with van der Waals surface area (Å²) >= 11 is 0. The first-order valence-corrected chi connectivity index (χ1v) is 23.8. The summed E-state index contributed by atoms with van der Waals surface area (Å²) in [5.74, 6) is 4.71. The van der Waals surface area contributed by atoms with E-state index in [-0.39, 0.29) is 82.8 Å². The van der Waals surface area contributed by atoms with E-state index in [0.29, 0.717) is 51.5 Å². The molecule has 0 aromatic rings. The lowest BCUT2D eigenvalue weighted by Crippen LogP contribution is -2.52. The van der Waals surface area contributed by atoms with E-state index < -0.39 is 83.4 Å². The van der Waals surface area contributed by atoms with Crippen LogP contribution in [-0.4, -0.2) is 115 Å². The zero-order valence-electron chi connectivity index (χ0n) is 41.2. The highest BCUT2D eigenvalue weighted by Gasteiger charge is 2.30. The number of amides is 8. The quantitative estimate of drug-likeness (QED) is 0.0301. The summed E-state index contributed by atoms with van der Waals surface area (Å²) in [4.78, 5) is 116. The monoisotopic (exact) mass is 973 g/mol. The first kappa shape index (κ1) is 62.8. The minimum Gasteiger partial charge on any atom is -0.379 e. The Labute approximate surface area is 415 Å². The minimum atomic E-state index is -1.10. The van der Waals surface area contributed by atoms with Gasteiger partial charge in [0.15, 0.2) is 5.78 Å². The lowest BCUT2D eigenvalue weighted by atomic mass is 9.91. The number of rotatable bonds is 39. The highest BCUT2D eigenvalue weighted by Crippen LogP contribution is 2.18. The van der Waals surface area contributed by atoms with Gasteiger partial charge in [-0.25, -0.2) is 0 Å². The van der Waals surface area contributed by atoms with Gasteiger partial charge < -0.3 is 53.2 Å². The molecule has 8 amide bonds. The summed E-state index contributed by atoms with van der Waals surface area (Å²) in [6.07, 6.45) is 28.8. The standard InChI is InChI=1S/C51H76N10O9/c1-10-17-31-54-46(65)38(35-45(64)39(60-51(70)43(27-14-5)59-37(9)63)29-19-22-33-55-47(66)40(24-11-2)52-15-6)28-18-21-32-57-49(68)44(61-50(69)41(25-12-3)53-16-7)30-20-23-34-56-48(67)42(26-13-4)58-36(8)62/h2-5,15-16,38-44,52-53H,6-7,10,17-35H2,1,8-9H3,(H,54,65)(H,55,66)(H,56,67)(H,57,68)(H,58,62)(H,59,63)(H,60,70)(H,61,69)/t38-,39-,40+,41-,42+,43-,44-/m0/s1. The van der Waals surface area contributed by atoms with Crippen molar-refractivity contribution in [3.63, 3.8) is 0 Å². The van der Waals surface area contributed by atoms with E-state index in [1.807, 2.05) is 6.92 Å². The minimum absolute atomic E-state index is 0.00885. The molecule has 0 fully saturated rings. The smallest absolute Gasteiger partial charge is 0.244 e. The van der Waals surface area contributed by atoms with Crippen molar-refractivity contribution in [2.24, 2.45) is 5.92 Å². The van der Waals surface area contributed by atoms with Gasteiger partial charge >= 0.3 is 0 Å². The van der Waals surface area contributed by atoms with Crippen LogP contribution in [0.2, 0.25) is 0 Å². The number of terminal acetylenes is 4. The van der Waals surface area contributed by atoms with Gasteiger partial charge in [0.1, 0.15) is 30.2 Å². The molecule has 0 heterocycles. The molecule has 0 spiro atoms. The van der Waals surface area contributed by atoms with Gasteiger partial charge in [0.25, 0.3) is 0 Å². The van der Waals surface area contributed by atoms with Gasteiger partial charge in [-0.3, -0.25) is 43.2 Å². The molecule has 19 nitrogen and oxygen atoms in total. The average molecular weight is 973 g/mol. The van der Waals surface area contributed by atoms with E-state index in [2.05, 4.69) is 90.0 Å². The number of unbranched alkanes of at least 4 members (excludes halogenated alkanes) is 4.